The first-order valence-electron chi connectivity index (χ1n) is 7.18. The first-order valence-corrected chi connectivity index (χ1v) is 8.00. The standard InChI is InChI=1S/C15H12N8S/c1-11-7-9-13(10-8-11)23-15(17-19-21-23)24-14-16-18-20-22(14)12-5-3-2-4-6-12/h2-10H,1H3. The lowest BCUT2D eigenvalue weighted by Crippen LogP contribution is -2.02. The van der Waals surface area contributed by atoms with Crippen LogP contribution in [-0.2, 0) is 0 Å². The van der Waals surface area contributed by atoms with Crippen molar-refractivity contribution in [3.05, 3.63) is 60.2 Å². The van der Waals surface area contributed by atoms with Gasteiger partial charge in [0.1, 0.15) is 0 Å². The lowest BCUT2D eigenvalue weighted by molar-refractivity contribution is 0.742. The van der Waals surface area contributed by atoms with Crippen molar-refractivity contribution in [3.8, 4) is 11.4 Å². The van der Waals surface area contributed by atoms with Crippen molar-refractivity contribution < 1.29 is 0 Å². The number of hydrogen-bond acceptors (Lipinski definition) is 7. The monoisotopic (exact) mass is 336 g/mol. The zero-order chi connectivity index (χ0) is 16.4. The lowest BCUT2D eigenvalue weighted by Gasteiger charge is -2.05. The predicted molar refractivity (Wildman–Crippen MR) is 87.2 cm³/mol. The Morgan fingerprint density at radius 2 is 1.25 bits per heavy atom. The van der Waals surface area contributed by atoms with Gasteiger partial charge in [-0.3, -0.25) is 0 Å². The van der Waals surface area contributed by atoms with Crippen LogP contribution < -0.4 is 0 Å². The fourth-order valence-corrected chi connectivity index (χ4v) is 2.92. The summed E-state index contributed by atoms with van der Waals surface area (Å²) < 4.78 is 3.31. The summed E-state index contributed by atoms with van der Waals surface area (Å²) in [5.41, 5.74) is 2.93. The van der Waals surface area contributed by atoms with Crippen molar-refractivity contribution in [3.63, 3.8) is 0 Å². The molecule has 0 radical (unpaired) electrons. The quantitative estimate of drug-likeness (QED) is 0.564. The van der Waals surface area contributed by atoms with Crippen molar-refractivity contribution in [1.29, 1.82) is 0 Å². The Balaban J connectivity index is 1.68. The van der Waals surface area contributed by atoms with Gasteiger partial charge >= 0.3 is 0 Å². The molecule has 0 saturated carbocycles. The summed E-state index contributed by atoms with van der Waals surface area (Å²) in [5.74, 6) is 0. The molecule has 4 rings (SSSR count). The van der Waals surface area contributed by atoms with Crippen LogP contribution in [0.4, 0.5) is 0 Å². The number of aromatic nitrogens is 8. The molecular weight excluding hydrogens is 324 g/mol. The number of para-hydroxylation sites is 1. The third-order valence-corrected chi connectivity index (χ3v) is 4.22. The second-order valence-corrected chi connectivity index (χ2v) is 5.95. The van der Waals surface area contributed by atoms with E-state index in [-0.39, 0.29) is 0 Å². The molecule has 2 aromatic carbocycles. The molecule has 0 bridgehead atoms. The second-order valence-electron chi connectivity index (χ2n) is 5.02. The van der Waals surface area contributed by atoms with Crippen LogP contribution in [0.3, 0.4) is 0 Å². The van der Waals surface area contributed by atoms with Crippen molar-refractivity contribution in [2.75, 3.05) is 0 Å². The summed E-state index contributed by atoms with van der Waals surface area (Å²) in [6.07, 6.45) is 0. The van der Waals surface area contributed by atoms with Gasteiger partial charge in [0.05, 0.1) is 11.4 Å². The van der Waals surface area contributed by atoms with Crippen molar-refractivity contribution in [2.45, 2.75) is 17.2 Å². The van der Waals surface area contributed by atoms with Gasteiger partial charge in [-0.15, -0.1) is 10.2 Å². The van der Waals surface area contributed by atoms with Gasteiger partial charge in [-0.2, -0.15) is 9.36 Å². The van der Waals surface area contributed by atoms with E-state index < -0.39 is 0 Å². The van der Waals surface area contributed by atoms with E-state index in [0.29, 0.717) is 10.3 Å². The van der Waals surface area contributed by atoms with Crippen LogP contribution in [0, 0.1) is 6.92 Å². The maximum atomic E-state index is 4.08. The number of rotatable bonds is 4. The number of benzene rings is 2. The fourth-order valence-electron chi connectivity index (χ4n) is 2.15. The largest absolute Gasteiger partial charge is 0.221 e. The molecule has 9 heteroatoms. The van der Waals surface area contributed by atoms with Gasteiger partial charge in [-0.05, 0) is 63.8 Å². The van der Waals surface area contributed by atoms with Gasteiger partial charge in [0.15, 0.2) is 0 Å². The molecule has 0 N–H and O–H groups in total. The molecule has 4 aromatic rings. The predicted octanol–water partition coefficient (Wildman–Crippen LogP) is 2.10. The van der Waals surface area contributed by atoms with E-state index in [1.165, 1.54) is 17.3 Å². The highest BCUT2D eigenvalue weighted by atomic mass is 32.2. The minimum atomic E-state index is 0.587. The molecule has 0 spiro atoms. The Morgan fingerprint density at radius 3 is 1.83 bits per heavy atom. The van der Waals surface area contributed by atoms with E-state index in [1.54, 1.807) is 9.36 Å². The molecule has 0 unspecified atom stereocenters. The number of hydrogen-bond donors (Lipinski definition) is 0. The normalized spacial score (nSPS) is 10.9. The first kappa shape index (κ1) is 14.5. The second kappa shape index (κ2) is 6.20. The minimum Gasteiger partial charge on any atom is -0.187 e. The van der Waals surface area contributed by atoms with Crippen molar-refractivity contribution in [2.24, 2.45) is 0 Å². The Kier molecular flexibility index (Phi) is 3.75. The van der Waals surface area contributed by atoms with Gasteiger partial charge in [-0.1, -0.05) is 35.9 Å². The van der Waals surface area contributed by atoms with Crippen LogP contribution in [0.1, 0.15) is 5.56 Å². The molecule has 2 heterocycles. The molecule has 0 aliphatic carbocycles. The summed E-state index contributed by atoms with van der Waals surface area (Å²) in [6, 6.07) is 17.6. The molecular formula is C15H12N8S. The van der Waals surface area contributed by atoms with Crippen LogP contribution in [0.25, 0.3) is 11.4 Å². The minimum absolute atomic E-state index is 0.587. The number of aryl methyl sites for hydroxylation is 1. The highest BCUT2D eigenvalue weighted by Crippen LogP contribution is 2.26. The Morgan fingerprint density at radius 1 is 0.708 bits per heavy atom. The van der Waals surface area contributed by atoms with Crippen molar-refractivity contribution >= 4 is 11.8 Å². The maximum absolute atomic E-state index is 4.08. The van der Waals surface area contributed by atoms with Crippen LogP contribution in [0.5, 0.6) is 0 Å². The van der Waals surface area contributed by atoms with Gasteiger partial charge < -0.3 is 0 Å². The Bertz CT molecular complexity index is 945. The van der Waals surface area contributed by atoms with E-state index >= 15 is 0 Å². The summed E-state index contributed by atoms with van der Waals surface area (Å²) in [6.45, 7) is 2.03. The molecule has 118 valence electrons. The highest BCUT2D eigenvalue weighted by Gasteiger charge is 2.16. The third kappa shape index (κ3) is 2.76. The molecule has 8 nitrogen and oxygen atoms in total. The van der Waals surface area contributed by atoms with Crippen LogP contribution >= 0.6 is 11.8 Å². The molecule has 0 saturated heterocycles. The molecule has 0 aliphatic rings. The summed E-state index contributed by atoms with van der Waals surface area (Å²) in [4.78, 5) is 0. The van der Waals surface area contributed by atoms with Gasteiger partial charge in [-0.25, -0.2) is 0 Å². The molecule has 2 aromatic heterocycles. The smallest absolute Gasteiger partial charge is 0.187 e. The summed E-state index contributed by atoms with van der Waals surface area (Å²) in [7, 11) is 0. The number of tetrazole rings is 2. The van der Waals surface area contributed by atoms with E-state index in [1.807, 2.05) is 61.5 Å². The topological polar surface area (TPSA) is 87.2 Å². The SMILES string of the molecule is Cc1ccc(-n2nnnc2Sc2nnnn2-c2ccccc2)cc1. The van der Waals surface area contributed by atoms with Crippen LogP contribution in [-0.4, -0.2) is 40.4 Å². The Hall–Kier alpha value is -3.07. The fraction of sp³-hybridized carbons (Fsp3) is 0.0667. The zero-order valence-corrected chi connectivity index (χ0v) is 13.5. The van der Waals surface area contributed by atoms with Crippen LogP contribution in [0.15, 0.2) is 64.9 Å². The summed E-state index contributed by atoms with van der Waals surface area (Å²) in [5, 5.41) is 24.9. The summed E-state index contributed by atoms with van der Waals surface area (Å²) >= 11 is 1.30. The number of nitrogens with zero attached hydrogens (tertiary/aromatic N) is 8. The van der Waals surface area contributed by atoms with E-state index in [4.69, 9.17) is 0 Å². The van der Waals surface area contributed by atoms with E-state index in [2.05, 4.69) is 31.1 Å². The highest BCUT2D eigenvalue weighted by molar-refractivity contribution is 7.99. The van der Waals surface area contributed by atoms with Gasteiger partial charge in [0.25, 0.3) is 0 Å². The molecule has 24 heavy (non-hydrogen) atoms. The molecule has 0 aliphatic heterocycles. The van der Waals surface area contributed by atoms with E-state index in [0.717, 1.165) is 11.4 Å². The Labute approximate surface area is 141 Å². The average molecular weight is 336 g/mol. The van der Waals surface area contributed by atoms with E-state index in [9.17, 15) is 0 Å². The zero-order valence-electron chi connectivity index (χ0n) is 12.7. The lowest BCUT2D eigenvalue weighted by atomic mass is 10.2. The van der Waals surface area contributed by atoms with Crippen molar-refractivity contribution in [1.82, 2.24) is 40.4 Å². The third-order valence-electron chi connectivity index (χ3n) is 3.34. The van der Waals surface area contributed by atoms with Gasteiger partial charge in [0.2, 0.25) is 10.3 Å². The van der Waals surface area contributed by atoms with Gasteiger partial charge in [0, 0.05) is 0 Å². The average Bonchev–Trinajstić information content (AvgIpc) is 3.26. The molecule has 0 fully saturated rings. The molecule has 0 amide bonds. The van der Waals surface area contributed by atoms with Crippen LogP contribution in [0.2, 0.25) is 0 Å². The molecule has 0 atom stereocenters. The first-order chi connectivity index (χ1) is 11.8. The maximum Gasteiger partial charge on any atom is 0.221 e.